The van der Waals surface area contributed by atoms with Crippen LogP contribution in [0.1, 0.15) is 12.6 Å². The van der Waals surface area contributed by atoms with Crippen molar-refractivity contribution in [2.24, 2.45) is 0 Å². The van der Waals surface area contributed by atoms with E-state index in [0.717, 1.165) is 22.2 Å². The molecule has 0 bridgehead atoms. The molecule has 0 aliphatic heterocycles. The number of amides is 1. The van der Waals surface area contributed by atoms with E-state index in [1.807, 2.05) is 56.3 Å². The molecular weight excluding hydrogens is 278 g/mol. The molecule has 112 valence electrons. The second-order valence-corrected chi connectivity index (χ2v) is 4.93. The second-order valence-electron chi connectivity index (χ2n) is 4.93. The fourth-order valence-corrected chi connectivity index (χ4v) is 2.37. The molecule has 0 unspecified atom stereocenters. The minimum Gasteiger partial charge on any atom is -0.477 e. The Morgan fingerprint density at radius 2 is 2.00 bits per heavy atom. The normalized spacial score (nSPS) is 10.6. The highest BCUT2D eigenvalue weighted by molar-refractivity contribution is 6.02. The van der Waals surface area contributed by atoms with Crippen molar-refractivity contribution >= 4 is 22.5 Å². The van der Waals surface area contributed by atoms with Crippen molar-refractivity contribution < 1.29 is 9.53 Å². The van der Waals surface area contributed by atoms with Crippen LogP contribution in [0.2, 0.25) is 0 Å². The number of nitrogens with one attached hydrogen (secondary N) is 1. The number of ether oxygens (including phenoxy) is 1. The van der Waals surface area contributed by atoms with Crippen LogP contribution in [0.4, 0.5) is 10.5 Å². The van der Waals surface area contributed by atoms with Gasteiger partial charge in [0, 0.05) is 11.5 Å². The van der Waals surface area contributed by atoms with E-state index in [-0.39, 0.29) is 6.03 Å². The summed E-state index contributed by atoms with van der Waals surface area (Å²) in [5.74, 6) is 0.452. The first-order chi connectivity index (χ1) is 10.7. The van der Waals surface area contributed by atoms with Crippen LogP contribution in [0, 0.1) is 6.92 Å². The van der Waals surface area contributed by atoms with E-state index >= 15 is 0 Å². The fourth-order valence-electron chi connectivity index (χ4n) is 2.37. The standard InChI is InChI=1S/C17H17N3O2/c1-3-22-16-11-12(2)20(19-16)17(21)18-15-10-6-8-13-7-4-5-9-14(13)15/h4-11H,3H2,1-2H3,(H,18,21). The summed E-state index contributed by atoms with van der Waals surface area (Å²) in [5.41, 5.74) is 1.48. The molecule has 0 saturated carbocycles. The van der Waals surface area contributed by atoms with Crippen molar-refractivity contribution in [1.29, 1.82) is 0 Å². The molecule has 3 rings (SSSR count). The van der Waals surface area contributed by atoms with E-state index in [1.54, 1.807) is 6.07 Å². The number of nitrogens with zero attached hydrogens (tertiary/aromatic N) is 2. The summed E-state index contributed by atoms with van der Waals surface area (Å²) in [4.78, 5) is 12.4. The van der Waals surface area contributed by atoms with E-state index in [2.05, 4.69) is 10.4 Å². The van der Waals surface area contributed by atoms with Gasteiger partial charge in [0.25, 0.3) is 0 Å². The average molecular weight is 295 g/mol. The molecule has 1 aromatic heterocycles. The Bertz CT molecular complexity index is 818. The van der Waals surface area contributed by atoms with Crippen molar-refractivity contribution in [2.75, 3.05) is 11.9 Å². The zero-order chi connectivity index (χ0) is 15.5. The van der Waals surface area contributed by atoms with Crippen LogP contribution in [-0.2, 0) is 0 Å². The smallest absolute Gasteiger partial charge is 0.346 e. The predicted molar refractivity (Wildman–Crippen MR) is 86.5 cm³/mol. The lowest BCUT2D eigenvalue weighted by Gasteiger charge is -2.09. The van der Waals surface area contributed by atoms with Gasteiger partial charge in [-0.05, 0) is 25.3 Å². The van der Waals surface area contributed by atoms with Crippen molar-refractivity contribution in [3.05, 3.63) is 54.2 Å². The minimum atomic E-state index is -0.306. The van der Waals surface area contributed by atoms with E-state index in [0.29, 0.717) is 12.5 Å². The van der Waals surface area contributed by atoms with Crippen molar-refractivity contribution in [3.8, 4) is 5.88 Å². The van der Waals surface area contributed by atoms with Crippen LogP contribution in [0.5, 0.6) is 5.88 Å². The highest BCUT2D eigenvalue weighted by Gasteiger charge is 2.13. The highest BCUT2D eigenvalue weighted by Crippen LogP contribution is 2.23. The van der Waals surface area contributed by atoms with E-state index < -0.39 is 0 Å². The van der Waals surface area contributed by atoms with Gasteiger partial charge in [-0.3, -0.25) is 0 Å². The number of benzene rings is 2. The SMILES string of the molecule is CCOc1cc(C)n(C(=O)Nc2cccc3ccccc23)n1. The molecule has 0 fully saturated rings. The molecule has 0 spiro atoms. The summed E-state index contributed by atoms with van der Waals surface area (Å²) in [6.07, 6.45) is 0. The molecule has 0 aliphatic rings. The average Bonchev–Trinajstić information content (AvgIpc) is 2.89. The Morgan fingerprint density at radius 3 is 2.82 bits per heavy atom. The van der Waals surface area contributed by atoms with E-state index in [4.69, 9.17) is 4.74 Å². The molecule has 0 saturated heterocycles. The molecule has 5 heteroatoms. The van der Waals surface area contributed by atoms with Crippen LogP contribution < -0.4 is 10.1 Å². The zero-order valence-corrected chi connectivity index (χ0v) is 12.5. The Balaban J connectivity index is 1.90. The third-order valence-corrected chi connectivity index (χ3v) is 3.38. The molecular formula is C17H17N3O2. The summed E-state index contributed by atoms with van der Waals surface area (Å²) in [7, 11) is 0. The Kier molecular flexibility index (Phi) is 3.78. The van der Waals surface area contributed by atoms with Gasteiger partial charge in [-0.1, -0.05) is 36.4 Å². The number of aromatic nitrogens is 2. The van der Waals surface area contributed by atoms with Crippen molar-refractivity contribution in [2.45, 2.75) is 13.8 Å². The predicted octanol–water partition coefficient (Wildman–Crippen LogP) is 3.82. The number of rotatable bonds is 3. The molecule has 1 N–H and O–H groups in total. The number of fused-ring (bicyclic) bond motifs is 1. The van der Waals surface area contributed by atoms with Gasteiger partial charge in [0.05, 0.1) is 18.0 Å². The minimum absolute atomic E-state index is 0.306. The van der Waals surface area contributed by atoms with Gasteiger partial charge in [0.1, 0.15) is 0 Å². The number of carbonyl (C=O) groups excluding carboxylic acids is 1. The Morgan fingerprint density at radius 1 is 1.23 bits per heavy atom. The van der Waals surface area contributed by atoms with Gasteiger partial charge in [0.15, 0.2) is 0 Å². The first kappa shape index (κ1) is 14.1. The molecule has 5 nitrogen and oxygen atoms in total. The van der Waals surface area contributed by atoms with Gasteiger partial charge in [-0.2, -0.15) is 4.68 Å². The summed E-state index contributed by atoms with van der Waals surface area (Å²) >= 11 is 0. The maximum Gasteiger partial charge on any atom is 0.346 e. The van der Waals surface area contributed by atoms with Crippen LogP contribution >= 0.6 is 0 Å². The quantitative estimate of drug-likeness (QED) is 0.799. The van der Waals surface area contributed by atoms with E-state index in [9.17, 15) is 4.79 Å². The number of aryl methyl sites for hydroxylation is 1. The van der Waals surface area contributed by atoms with Gasteiger partial charge in [0.2, 0.25) is 5.88 Å². The lowest BCUT2D eigenvalue weighted by molar-refractivity contribution is 0.249. The van der Waals surface area contributed by atoms with E-state index in [1.165, 1.54) is 4.68 Å². The molecule has 1 heterocycles. The summed E-state index contributed by atoms with van der Waals surface area (Å²) < 4.78 is 6.64. The van der Waals surface area contributed by atoms with Crippen LogP contribution in [0.25, 0.3) is 10.8 Å². The molecule has 0 atom stereocenters. The van der Waals surface area contributed by atoms with Gasteiger partial charge < -0.3 is 10.1 Å². The lowest BCUT2D eigenvalue weighted by Crippen LogP contribution is -2.22. The molecule has 22 heavy (non-hydrogen) atoms. The molecule has 0 radical (unpaired) electrons. The maximum atomic E-state index is 12.4. The third-order valence-electron chi connectivity index (χ3n) is 3.38. The summed E-state index contributed by atoms with van der Waals surface area (Å²) in [5, 5.41) is 9.13. The fraction of sp³-hybridized carbons (Fsp3) is 0.176. The van der Waals surface area contributed by atoms with Gasteiger partial charge >= 0.3 is 6.03 Å². The number of hydrogen-bond acceptors (Lipinski definition) is 3. The van der Waals surface area contributed by atoms with Crippen molar-refractivity contribution in [1.82, 2.24) is 9.78 Å². The number of anilines is 1. The molecule has 2 aromatic carbocycles. The molecule has 0 aliphatic carbocycles. The second kappa shape index (κ2) is 5.89. The Labute approximate surface area is 128 Å². The van der Waals surface area contributed by atoms with Crippen LogP contribution in [-0.4, -0.2) is 22.4 Å². The van der Waals surface area contributed by atoms with Crippen LogP contribution in [0.15, 0.2) is 48.5 Å². The lowest BCUT2D eigenvalue weighted by atomic mass is 10.1. The summed E-state index contributed by atoms with van der Waals surface area (Å²) in [6, 6.07) is 15.2. The highest BCUT2D eigenvalue weighted by atomic mass is 16.5. The maximum absolute atomic E-state index is 12.4. The van der Waals surface area contributed by atoms with Gasteiger partial charge in [-0.25, -0.2) is 4.79 Å². The van der Waals surface area contributed by atoms with Crippen molar-refractivity contribution in [3.63, 3.8) is 0 Å². The monoisotopic (exact) mass is 295 g/mol. The topological polar surface area (TPSA) is 56.1 Å². The molecule has 1 amide bonds. The third kappa shape index (κ3) is 2.65. The van der Waals surface area contributed by atoms with Gasteiger partial charge in [-0.15, -0.1) is 5.10 Å². The molecule has 3 aromatic rings. The Hall–Kier alpha value is -2.82. The number of carbonyl (C=O) groups is 1. The summed E-state index contributed by atoms with van der Waals surface area (Å²) in [6.45, 7) is 4.21. The zero-order valence-electron chi connectivity index (χ0n) is 12.5. The first-order valence-corrected chi connectivity index (χ1v) is 7.17. The number of hydrogen-bond donors (Lipinski definition) is 1. The van der Waals surface area contributed by atoms with Crippen LogP contribution in [0.3, 0.4) is 0 Å². The largest absolute Gasteiger partial charge is 0.477 e. The first-order valence-electron chi connectivity index (χ1n) is 7.17.